The van der Waals surface area contributed by atoms with E-state index in [1.165, 1.54) is 0 Å². The van der Waals surface area contributed by atoms with E-state index in [9.17, 15) is 9.59 Å². The van der Waals surface area contributed by atoms with Crippen LogP contribution in [0, 0.1) is 0 Å². The Kier molecular flexibility index (Phi) is 3.25. The molecule has 0 radical (unpaired) electrons. The molecule has 0 spiro atoms. The van der Waals surface area contributed by atoms with Gasteiger partial charge in [-0.05, 0) is 12.1 Å². The third-order valence-corrected chi connectivity index (χ3v) is 4.35. The van der Waals surface area contributed by atoms with Crippen LogP contribution >= 0.6 is 0 Å². The average molecular weight is 311 g/mol. The highest BCUT2D eigenvalue weighted by molar-refractivity contribution is 5.77. The van der Waals surface area contributed by atoms with E-state index in [2.05, 4.69) is 14.5 Å². The second kappa shape index (κ2) is 5.42. The zero-order valence-corrected chi connectivity index (χ0v) is 12.6. The minimum atomic E-state index is -0.171. The van der Waals surface area contributed by atoms with Crippen LogP contribution in [-0.2, 0) is 24.4 Å². The van der Waals surface area contributed by atoms with Crippen molar-refractivity contribution in [3.8, 4) is 0 Å². The monoisotopic (exact) mass is 311 g/mol. The summed E-state index contributed by atoms with van der Waals surface area (Å²) in [7, 11) is 0. The van der Waals surface area contributed by atoms with Gasteiger partial charge in [0.2, 0.25) is 5.91 Å². The molecule has 3 heterocycles. The predicted octanol–water partition coefficient (Wildman–Crippen LogP) is 0.959. The van der Waals surface area contributed by atoms with Gasteiger partial charge in [0.25, 0.3) is 0 Å². The number of amides is 1. The van der Waals surface area contributed by atoms with Crippen molar-refractivity contribution in [1.82, 2.24) is 24.0 Å². The molecule has 0 atom stereocenters. The summed E-state index contributed by atoms with van der Waals surface area (Å²) >= 11 is 0. The fraction of sp³-hybridized carbons (Fsp3) is 0.312. The molecule has 1 N–H and O–H groups in total. The summed E-state index contributed by atoms with van der Waals surface area (Å²) in [4.78, 5) is 33.2. The molecule has 23 heavy (non-hydrogen) atoms. The summed E-state index contributed by atoms with van der Waals surface area (Å²) in [5.41, 5.74) is 2.51. The Hall–Kier alpha value is -2.83. The van der Waals surface area contributed by atoms with Crippen LogP contribution in [0.15, 0.2) is 41.6 Å². The largest absolute Gasteiger partial charge is 0.335 e. The fourth-order valence-corrected chi connectivity index (χ4v) is 3.09. The van der Waals surface area contributed by atoms with Gasteiger partial charge in [0, 0.05) is 32.3 Å². The number of nitrogens with zero attached hydrogens (tertiary/aromatic N) is 4. The van der Waals surface area contributed by atoms with Gasteiger partial charge < -0.3 is 14.5 Å². The van der Waals surface area contributed by atoms with Crippen LogP contribution in [0.2, 0.25) is 0 Å². The maximum absolute atomic E-state index is 12.4. The number of benzene rings is 1. The Morgan fingerprint density at radius 1 is 1.26 bits per heavy atom. The molecule has 0 saturated heterocycles. The van der Waals surface area contributed by atoms with Crippen molar-refractivity contribution in [1.29, 1.82) is 0 Å². The van der Waals surface area contributed by atoms with Crippen LogP contribution in [0.5, 0.6) is 0 Å². The third kappa shape index (κ3) is 2.44. The number of rotatable bonds is 3. The number of nitrogens with one attached hydrogen (secondary N) is 1. The summed E-state index contributed by atoms with van der Waals surface area (Å²) in [6.45, 7) is 2.43. The van der Waals surface area contributed by atoms with E-state index in [4.69, 9.17) is 0 Å². The molecule has 0 aliphatic carbocycles. The lowest BCUT2D eigenvalue weighted by atomic mass is 10.2. The Morgan fingerprint density at radius 3 is 3.04 bits per heavy atom. The van der Waals surface area contributed by atoms with Crippen molar-refractivity contribution in [3.63, 3.8) is 0 Å². The van der Waals surface area contributed by atoms with Gasteiger partial charge in [-0.3, -0.25) is 9.36 Å². The molecule has 7 heteroatoms. The molecule has 1 aromatic carbocycles. The first kappa shape index (κ1) is 13.8. The molecule has 7 nitrogen and oxygen atoms in total. The average Bonchev–Trinajstić information content (AvgIpc) is 3.15. The van der Waals surface area contributed by atoms with Crippen molar-refractivity contribution in [2.75, 3.05) is 6.54 Å². The molecule has 0 saturated carbocycles. The van der Waals surface area contributed by atoms with Gasteiger partial charge in [-0.15, -0.1) is 0 Å². The second-order valence-electron chi connectivity index (χ2n) is 5.74. The lowest BCUT2D eigenvalue weighted by molar-refractivity contribution is -0.132. The van der Waals surface area contributed by atoms with Gasteiger partial charge in [0.05, 0.1) is 29.6 Å². The van der Waals surface area contributed by atoms with E-state index in [1.54, 1.807) is 17.1 Å². The number of hydrogen-bond donors (Lipinski definition) is 1. The van der Waals surface area contributed by atoms with E-state index in [0.717, 1.165) is 23.3 Å². The predicted molar refractivity (Wildman–Crippen MR) is 84.8 cm³/mol. The molecule has 0 unspecified atom stereocenters. The van der Waals surface area contributed by atoms with Gasteiger partial charge in [0.15, 0.2) is 0 Å². The van der Waals surface area contributed by atoms with E-state index in [-0.39, 0.29) is 11.6 Å². The van der Waals surface area contributed by atoms with Crippen molar-refractivity contribution in [3.05, 3.63) is 53.0 Å². The first-order chi connectivity index (χ1) is 11.2. The highest BCUT2D eigenvalue weighted by atomic mass is 16.2. The Balaban J connectivity index is 1.47. The molecule has 4 rings (SSSR count). The maximum Gasteiger partial charge on any atom is 0.326 e. The van der Waals surface area contributed by atoms with E-state index in [0.29, 0.717) is 26.1 Å². The second-order valence-corrected chi connectivity index (χ2v) is 5.74. The molecular formula is C16H17N5O2. The topological polar surface area (TPSA) is 75.9 Å². The number of fused-ring (bicyclic) bond motifs is 2. The summed E-state index contributed by atoms with van der Waals surface area (Å²) in [5, 5.41) is 0. The van der Waals surface area contributed by atoms with E-state index < -0.39 is 0 Å². The first-order valence-electron chi connectivity index (χ1n) is 7.67. The van der Waals surface area contributed by atoms with Gasteiger partial charge in [-0.25, -0.2) is 9.78 Å². The molecule has 0 fully saturated rings. The molecule has 1 amide bonds. The number of aromatic amines is 1. The number of para-hydroxylation sites is 2. The zero-order chi connectivity index (χ0) is 15.8. The number of aromatic nitrogens is 4. The highest BCUT2D eigenvalue weighted by Gasteiger charge is 2.20. The smallest absolute Gasteiger partial charge is 0.326 e. The van der Waals surface area contributed by atoms with Crippen molar-refractivity contribution in [2.45, 2.75) is 26.1 Å². The number of carbonyl (C=O) groups excluding carboxylic acids is 1. The Bertz CT molecular complexity index is 920. The SMILES string of the molecule is O=C(CCn1c(=O)[nH]c2ccccc21)N1CCn2cncc2C1. The molecule has 1 aliphatic heterocycles. The maximum atomic E-state index is 12.4. The number of carbonyl (C=O) groups is 1. The standard InChI is InChI=1S/C16H17N5O2/c22-15(19-7-8-20-11-17-9-12(20)10-19)5-6-21-14-4-2-1-3-13(14)18-16(21)23/h1-4,9,11H,5-8,10H2,(H,18,23). The molecular weight excluding hydrogens is 294 g/mol. The van der Waals surface area contributed by atoms with Crippen molar-refractivity contribution >= 4 is 16.9 Å². The molecule has 3 aromatic rings. The normalized spacial score (nSPS) is 14.2. The molecule has 1 aliphatic rings. The lowest BCUT2D eigenvalue weighted by Gasteiger charge is -2.28. The van der Waals surface area contributed by atoms with Gasteiger partial charge >= 0.3 is 5.69 Å². The van der Waals surface area contributed by atoms with E-state index in [1.807, 2.05) is 29.2 Å². The number of aryl methyl sites for hydroxylation is 1. The van der Waals surface area contributed by atoms with Crippen LogP contribution in [0.3, 0.4) is 0 Å². The van der Waals surface area contributed by atoms with Crippen molar-refractivity contribution in [2.24, 2.45) is 0 Å². The summed E-state index contributed by atoms with van der Waals surface area (Å²) in [5.74, 6) is 0.0645. The minimum absolute atomic E-state index is 0.0645. The number of imidazole rings is 2. The minimum Gasteiger partial charge on any atom is -0.335 e. The zero-order valence-electron chi connectivity index (χ0n) is 12.6. The molecule has 2 aromatic heterocycles. The first-order valence-corrected chi connectivity index (χ1v) is 7.67. The third-order valence-electron chi connectivity index (χ3n) is 4.35. The van der Waals surface area contributed by atoms with Crippen molar-refractivity contribution < 1.29 is 4.79 Å². The van der Waals surface area contributed by atoms with Gasteiger partial charge in [-0.1, -0.05) is 12.1 Å². The van der Waals surface area contributed by atoms with Crippen LogP contribution in [0.4, 0.5) is 0 Å². The summed E-state index contributed by atoms with van der Waals surface area (Å²) < 4.78 is 3.69. The van der Waals surface area contributed by atoms with Gasteiger partial charge in [-0.2, -0.15) is 0 Å². The molecule has 0 bridgehead atoms. The van der Waals surface area contributed by atoms with Crippen LogP contribution in [0.1, 0.15) is 12.1 Å². The van der Waals surface area contributed by atoms with Crippen LogP contribution in [-0.4, -0.2) is 36.5 Å². The lowest BCUT2D eigenvalue weighted by Crippen LogP contribution is -2.38. The number of H-pyrrole nitrogens is 1. The molecule has 118 valence electrons. The Labute approximate surface area is 132 Å². The fourth-order valence-electron chi connectivity index (χ4n) is 3.09. The highest BCUT2D eigenvalue weighted by Crippen LogP contribution is 2.14. The quantitative estimate of drug-likeness (QED) is 0.783. The summed E-state index contributed by atoms with van der Waals surface area (Å²) in [6, 6.07) is 7.52. The van der Waals surface area contributed by atoms with Crippen LogP contribution in [0.25, 0.3) is 11.0 Å². The van der Waals surface area contributed by atoms with E-state index >= 15 is 0 Å². The summed E-state index contributed by atoms with van der Waals surface area (Å²) in [6.07, 6.45) is 3.90. The Morgan fingerprint density at radius 2 is 2.13 bits per heavy atom. The van der Waals surface area contributed by atoms with Crippen LogP contribution < -0.4 is 5.69 Å². The van der Waals surface area contributed by atoms with Gasteiger partial charge in [0.1, 0.15) is 0 Å². The number of hydrogen-bond acceptors (Lipinski definition) is 3.